The van der Waals surface area contributed by atoms with Crippen molar-refractivity contribution in [1.29, 1.82) is 0 Å². The van der Waals surface area contributed by atoms with Crippen LogP contribution in [-0.2, 0) is 17.7 Å². The number of anilines is 1. The summed E-state index contributed by atoms with van der Waals surface area (Å²) in [5.74, 6) is -0.321. The lowest BCUT2D eigenvalue weighted by atomic mass is 10.1. The number of carbonyl (C=O) groups is 2. The van der Waals surface area contributed by atoms with E-state index in [1.54, 1.807) is 12.1 Å². The van der Waals surface area contributed by atoms with Crippen LogP contribution in [0.3, 0.4) is 0 Å². The van der Waals surface area contributed by atoms with Crippen LogP contribution in [0.4, 0.5) is 10.5 Å². The van der Waals surface area contributed by atoms with Crippen molar-refractivity contribution < 1.29 is 19.4 Å². The van der Waals surface area contributed by atoms with Crippen LogP contribution in [0, 0.1) is 0 Å². The van der Waals surface area contributed by atoms with E-state index in [-0.39, 0.29) is 5.97 Å². The Labute approximate surface area is 140 Å². The van der Waals surface area contributed by atoms with E-state index in [1.807, 2.05) is 36.4 Å². The highest BCUT2D eigenvalue weighted by Gasteiger charge is 2.22. The van der Waals surface area contributed by atoms with Crippen molar-refractivity contribution in [2.45, 2.75) is 13.0 Å². The van der Waals surface area contributed by atoms with Crippen LogP contribution in [-0.4, -0.2) is 30.8 Å². The number of nitrogens with zero attached hydrogens (tertiary/aromatic N) is 1. The van der Waals surface area contributed by atoms with E-state index in [9.17, 15) is 9.59 Å². The fraction of sp³-hybridized carbons (Fsp3) is 0.222. The number of carboxylic acid groups (broad SMARTS) is 1. The molecule has 3 rings (SSSR count). The maximum atomic E-state index is 11.0. The van der Waals surface area contributed by atoms with Crippen LogP contribution in [0.5, 0.6) is 0 Å². The third-order valence-electron chi connectivity index (χ3n) is 3.73. The van der Waals surface area contributed by atoms with Crippen molar-refractivity contribution in [1.82, 2.24) is 0 Å². The molecule has 0 bridgehead atoms. The first-order chi connectivity index (χ1) is 11.6. The van der Waals surface area contributed by atoms with E-state index in [1.165, 1.54) is 12.0 Å². The summed E-state index contributed by atoms with van der Waals surface area (Å²) in [6.07, 6.45) is -0.0254. The second-order valence-electron chi connectivity index (χ2n) is 5.21. The fourth-order valence-electron chi connectivity index (χ4n) is 2.43. The van der Waals surface area contributed by atoms with Gasteiger partial charge >= 0.3 is 12.1 Å². The average Bonchev–Trinajstić information content (AvgIpc) is 3.06. The maximum absolute atomic E-state index is 11.0. The zero-order valence-corrected chi connectivity index (χ0v) is 13.4. The molecule has 0 fully saturated rings. The number of fused-ring (bicyclic) bond motifs is 1. The molecule has 126 valence electrons. The molecule has 6 heteroatoms. The summed E-state index contributed by atoms with van der Waals surface area (Å²) in [7, 11) is 1.36. The lowest BCUT2D eigenvalue weighted by Gasteiger charge is -2.11. The number of ether oxygens (including phenoxy) is 1. The van der Waals surface area contributed by atoms with Crippen LogP contribution in [0.1, 0.15) is 21.5 Å². The number of rotatable bonds is 2. The molecule has 24 heavy (non-hydrogen) atoms. The highest BCUT2D eigenvalue weighted by atomic mass is 16.5. The molecule has 2 aromatic carbocycles. The maximum Gasteiger partial charge on any atom is 0.411 e. The predicted octanol–water partition coefficient (Wildman–Crippen LogP) is 2.66. The number of benzene rings is 2. The Morgan fingerprint density at radius 1 is 1.17 bits per heavy atom. The Kier molecular flexibility index (Phi) is 5.92. The van der Waals surface area contributed by atoms with Crippen LogP contribution < -0.4 is 10.6 Å². The molecule has 0 saturated carbocycles. The molecule has 1 heterocycles. The molecule has 0 aliphatic carbocycles. The van der Waals surface area contributed by atoms with Gasteiger partial charge in [-0.05, 0) is 35.7 Å². The number of nitrogens with two attached hydrogens (primary N) is 1. The van der Waals surface area contributed by atoms with Gasteiger partial charge in [-0.15, -0.1) is 0 Å². The van der Waals surface area contributed by atoms with Gasteiger partial charge in [-0.1, -0.05) is 30.3 Å². The molecule has 1 aliphatic heterocycles. The topological polar surface area (TPSA) is 92.9 Å². The van der Waals surface area contributed by atoms with Crippen LogP contribution >= 0.6 is 0 Å². The van der Waals surface area contributed by atoms with Crippen LogP contribution in [0.25, 0.3) is 0 Å². The standard InChI is InChI=1S/C9H9NO2.C9H11NO2/c11-9(12)10-6-5-7-3-1-2-4-8(7)10;1-12-9(11)8-4-2-7(6-10)3-5-8/h1-4H,5-6H2,(H,11,12);2-5H,6,10H2,1H3. The number of carbonyl (C=O) groups excluding carboxylic acids is 1. The number of methoxy groups -OCH3 is 1. The number of amides is 1. The lowest BCUT2D eigenvalue weighted by Crippen LogP contribution is -2.26. The van der Waals surface area contributed by atoms with Gasteiger partial charge in [-0.25, -0.2) is 9.59 Å². The van der Waals surface area contributed by atoms with E-state index in [0.717, 1.165) is 23.2 Å². The number of hydrogen-bond acceptors (Lipinski definition) is 4. The molecule has 6 nitrogen and oxygen atoms in total. The number of esters is 1. The van der Waals surface area contributed by atoms with Crippen molar-refractivity contribution in [2.24, 2.45) is 5.73 Å². The fourth-order valence-corrected chi connectivity index (χ4v) is 2.43. The van der Waals surface area contributed by atoms with Crippen molar-refractivity contribution in [3.63, 3.8) is 0 Å². The van der Waals surface area contributed by atoms with Crippen LogP contribution in [0.2, 0.25) is 0 Å². The molecule has 0 spiro atoms. The number of hydrogen-bond donors (Lipinski definition) is 2. The minimum atomic E-state index is -0.861. The molecule has 0 unspecified atom stereocenters. The SMILES string of the molecule is COC(=O)c1ccc(CN)cc1.O=C(O)N1CCc2ccccc21. The quantitative estimate of drug-likeness (QED) is 0.827. The Bertz CT molecular complexity index is 713. The van der Waals surface area contributed by atoms with Gasteiger partial charge in [-0.3, -0.25) is 4.90 Å². The van der Waals surface area contributed by atoms with Gasteiger partial charge in [0.05, 0.1) is 18.4 Å². The first-order valence-corrected chi connectivity index (χ1v) is 7.52. The first-order valence-electron chi connectivity index (χ1n) is 7.52. The largest absolute Gasteiger partial charge is 0.465 e. The van der Waals surface area contributed by atoms with Crippen LogP contribution in [0.15, 0.2) is 48.5 Å². The molecule has 2 aromatic rings. The highest BCUT2D eigenvalue weighted by molar-refractivity contribution is 5.89. The van der Waals surface area contributed by atoms with E-state index in [0.29, 0.717) is 18.7 Å². The van der Waals surface area contributed by atoms with Gasteiger partial charge in [0.25, 0.3) is 0 Å². The third-order valence-corrected chi connectivity index (χ3v) is 3.73. The zero-order valence-electron chi connectivity index (χ0n) is 13.4. The normalized spacial score (nSPS) is 12.0. The molecule has 1 aliphatic rings. The summed E-state index contributed by atoms with van der Waals surface area (Å²) in [5, 5.41) is 8.79. The first kappa shape index (κ1) is 17.5. The van der Waals surface area contributed by atoms with E-state index < -0.39 is 6.09 Å². The molecule has 3 N–H and O–H groups in total. The molecular weight excluding hydrogens is 308 g/mol. The van der Waals surface area contributed by atoms with Crippen molar-refractivity contribution in [3.05, 3.63) is 65.2 Å². The van der Waals surface area contributed by atoms with Gasteiger partial charge in [0.2, 0.25) is 0 Å². The van der Waals surface area contributed by atoms with Crippen molar-refractivity contribution in [3.8, 4) is 0 Å². The molecule has 1 amide bonds. The van der Waals surface area contributed by atoms with Crippen molar-refractivity contribution >= 4 is 17.7 Å². The Hall–Kier alpha value is -2.86. The molecule has 0 aromatic heterocycles. The molecule has 0 radical (unpaired) electrons. The van der Waals surface area contributed by atoms with Gasteiger partial charge in [0.15, 0.2) is 0 Å². The van der Waals surface area contributed by atoms with Gasteiger partial charge in [0, 0.05) is 13.1 Å². The average molecular weight is 328 g/mol. The monoisotopic (exact) mass is 328 g/mol. The second kappa shape index (κ2) is 8.12. The zero-order chi connectivity index (χ0) is 17.5. The van der Waals surface area contributed by atoms with E-state index in [4.69, 9.17) is 10.8 Å². The molecular formula is C18H20N2O4. The van der Waals surface area contributed by atoms with Gasteiger partial charge in [0.1, 0.15) is 0 Å². The second-order valence-corrected chi connectivity index (χ2v) is 5.21. The minimum Gasteiger partial charge on any atom is -0.465 e. The summed E-state index contributed by atoms with van der Waals surface area (Å²) >= 11 is 0. The summed E-state index contributed by atoms with van der Waals surface area (Å²) < 4.78 is 4.54. The van der Waals surface area contributed by atoms with E-state index in [2.05, 4.69) is 4.74 Å². The summed E-state index contributed by atoms with van der Waals surface area (Å²) in [4.78, 5) is 23.0. The van der Waals surface area contributed by atoms with Gasteiger partial charge < -0.3 is 15.6 Å². The number of para-hydroxylation sites is 1. The summed E-state index contributed by atoms with van der Waals surface area (Å²) in [5.41, 5.74) is 8.91. The molecule has 0 saturated heterocycles. The summed E-state index contributed by atoms with van der Waals surface area (Å²) in [6, 6.07) is 14.6. The Balaban J connectivity index is 0.000000174. The Morgan fingerprint density at radius 2 is 1.83 bits per heavy atom. The highest BCUT2D eigenvalue weighted by Crippen LogP contribution is 2.26. The molecule has 0 atom stereocenters. The lowest BCUT2D eigenvalue weighted by molar-refractivity contribution is 0.0600. The predicted molar refractivity (Wildman–Crippen MR) is 91.2 cm³/mol. The Morgan fingerprint density at radius 3 is 2.42 bits per heavy atom. The van der Waals surface area contributed by atoms with Crippen molar-refractivity contribution in [2.75, 3.05) is 18.6 Å². The summed E-state index contributed by atoms with van der Waals surface area (Å²) in [6.45, 7) is 1.08. The smallest absolute Gasteiger partial charge is 0.411 e. The third kappa shape index (κ3) is 4.11. The minimum absolute atomic E-state index is 0.321. The van der Waals surface area contributed by atoms with Gasteiger partial charge in [-0.2, -0.15) is 0 Å². The van der Waals surface area contributed by atoms with E-state index >= 15 is 0 Å².